The molecule has 1 aliphatic heterocycles. The number of guanidine groups is 1. The lowest BCUT2D eigenvalue weighted by Gasteiger charge is -2.32. The minimum absolute atomic E-state index is 0.0158. The Morgan fingerprint density at radius 3 is 2.28 bits per heavy atom. The average Bonchev–Trinajstić information content (AvgIpc) is 2.59. The molecule has 2 fully saturated rings. The van der Waals surface area contributed by atoms with Crippen molar-refractivity contribution >= 4 is 16.0 Å². The first kappa shape index (κ1) is 24.2. The van der Waals surface area contributed by atoms with E-state index in [0.29, 0.717) is 44.0 Å². The quantitative estimate of drug-likeness (QED) is 0.354. The summed E-state index contributed by atoms with van der Waals surface area (Å²) < 4.78 is 63.9. The summed E-state index contributed by atoms with van der Waals surface area (Å²) >= 11 is 0. The third-order valence-electron chi connectivity index (χ3n) is 5.66. The second kappa shape index (κ2) is 11.4. The second-order valence-electron chi connectivity index (χ2n) is 8.01. The summed E-state index contributed by atoms with van der Waals surface area (Å²) in [6.45, 7) is 1.56. The molecule has 0 amide bonds. The van der Waals surface area contributed by atoms with Crippen molar-refractivity contribution in [3.05, 3.63) is 0 Å². The molecule has 0 aromatic heterocycles. The summed E-state index contributed by atoms with van der Waals surface area (Å²) in [6.07, 6.45) is 1.61. The van der Waals surface area contributed by atoms with E-state index in [2.05, 4.69) is 20.3 Å². The zero-order valence-electron chi connectivity index (χ0n) is 17.1. The zero-order valence-corrected chi connectivity index (χ0v) is 17.9. The summed E-state index contributed by atoms with van der Waals surface area (Å²) in [7, 11) is -1.67. The van der Waals surface area contributed by atoms with Crippen LogP contribution in [0.5, 0.6) is 0 Å². The molecule has 0 aromatic rings. The van der Waals surface area contributed by atoms with Crippen LogP contribution in [0, 0.1) is 11.8 Å². The third kappa shape index (κ3) is 9.99. The van der Waals surface area contributed by atoms with Crippen LogP contribution in [0.25, 0.3) is 0 Å². The number of nitrogens with zero attached hydrogens (tertiary/aromatic N) is 2. The summed E-state index contributed by atoms with van der Waals surface area (Å²) in [4.78, 5) is 5.55. The van der Waals surface area contributed by atoms with Crippen molar-refractivity contribution in [3.8, 4) is 0 Å². The lowest BCUT2D eigenvalue weighted by Crippen LogP contribution is -2.43. The number of hydrogen-bond donors (Lipinski definition) is 3. The van der Waals surface area contributed by atoms with E-state index in [1.54, 1.807) is 7.05 Å². The first-order valence-electron chi connectivity index (χ1n) is 10.4. The highest BCUT2D eigenvalue weighted by Gasteiger charge is 2.32. The Morgan fingerprint density at radius 2 is 1.72 bits per heavy atom. The number of nitrogens with one attached hydrogen (secondary N) is 3. The molecule has 1 saturated heterocycles. The Bertz CT molecular complexity index is 615. The van der Waals surface area contributed by atoms with Gasteiger partial charge in [-0.2, -0.15) is 13.2 Å². The number of rotatable bonds is 10. The van der Waals surface area contributed by atoms with Gasteiger partial charge in [0.25, 0.3) is 0 Å². The average molecular weight is 442 g/mol. The first-order chi connectivity index (χ1) is 13.7. The standard InChI is InChI=1S/C18H34F3N5O2S/c1-22-17(24-9-12-29(27,28)25-13-16-3-2-4-16)23-8-5-15-6-10-26(11-7-15)14-18(19,20)21/h15-16,25H,2-14H2,1H3,(H2,22,23,24). The summed E-state index contributed by atoms with van der Waals surface area (Å²) in [5.74, 6) is 1.39. The van der Waals surface area contributed by atoms with Crippen molar-refractivity contribution in [2.45, 2.75) is 44.7 Å². The molecule has 11 heteroatoms. The van der Waals surface area contributed by atoms with Gasteiger partial charge in [0.15, 0.2) is 5.96 Å². The maximum absolute atomic E-state index is 12.4. The fourth-order valence-corrected chi connectivity index (χ4v) is 4.62. The van der Waals surface area contributed by atoms with E-state index in [0.717, 1.165) is 32.1 Å². The van der Waals surface area contributed by atoms with Crippen LogP contribution in [-0.2, 0) is 10.0 Å². The molecule has 2 rings (SSSR count). The van der Waals surface area contributed by atoms with Crippen molar-refractivity contribution in [2.24, 2.45) is 16.8 Å². The van der Waals surface area contributed by atoms with Gasteiger partial charge in [0.1, 0.15) is 0 Å². The fraction of sp³-hybridized carbons (Fsp3) is 0.944. The van der Waals surface area contributed by atoms with E-state index in [1.165, 1.54) is 11.3 Å². The van der Waals surface area contributed by atoms with Gasteiger partial charge in [-0.3, -0.25) is 9.89 Å². The van der Waals surface area contributed by atoms with Crippen molar-refractivity contribution < 1.29 is 21.6 Å². The van der Waals surface area contributed by atoms with Crippen LogP contribution in [0.3, 0.4) is 0 Å². The molecule has 0 radical (unpaired) electrons. The van der Waals surface area contributed by atoms with Crippen molar-refractivity contribution in [3.63, 3.8) is 0 Å². The molecule has 170 valence electrons. The van der Waals surface area contributed by atoms with Crippen LogP contribution in [-0.4, -0.2) is 77.5 Å². The van der Waals surface area contributed by atoms with E-state index >= 15 is 0 Å². The van der Waals surface area contributed by atoms with Gasteiger partial charge in [0, 0.05) is 26.7 Å². The number of hydrogen-bond acceptors (Lipinski definition) is 4. The van der Waals surface area contributed by atoms with E-state index in [4.69, 9.17) is 0 Å². The molecule has 0 atom stereocenters. The van der Waals surface area contributed by atoms with Gasteiger partial charge in [0.05, 0.1) is 12.3 Å². The lowest BCUT2D eigenvalue weighted by molar-refractivity contribution is -0.148. The molecular formula is C18H34F3N5O2S. The van der Waals surface area contributed by atoms with Crippen LogP contribution in [0.1, 0.15) is 38.5 Å². The number of likely N-dealkylation sites (tertiary alicyclic amines) is 1. The molecule has 1 saturated carbocycles. The van der Waals surface area contributed by atoms with Gasteiger partial charge >= 0.3 is 6.18 Å². The molecule has 3 N–H and O–H groups in total. The topological polar surface area (TPSA) is 85.8 Å². The molecule has 7 nitrogen and oxygen atoms in total. The van der Waals surface area contributed by atoms with Crippen molar-refractivity contribution in [1.29, 1.82) is 0 Å². The minimum Gasteiger partial charge on any atom is -0.356 e. The lowest BCUT2D eigenvalue weighted by atomic mass is 9.86. The highest BCUT2D eigenvalue weighted by atomic mass is 32.2. The third-order valence-corrected chi connectivity index (χ3v) is 7.01. The Balaban J connectivity index is 1.56. The maximum Gasteiger partial charge on any atom is 0.401 e. The first-order valence-corrected chi connectivity index (χ1v) is 12.0. The van der Waals surface area contributed by atoms with E-state index in [1.807, 2.05) is 0 Å². The Labute approximate surface area is 171 Å². The molecule has 0 unspecified atom stereocenters. The Hall–Kier alpha value is -1.07. The normalized spacial score (nSPS) is 20.5. The molecule has 29 heavy (non-hydrogen) atoms. The summed E-state index contributed by atoms with van der Waals surface area (Å²) in [5, 5.41) is 6.15. The predicted molar refractivity (Wildman–Crippen MR) is 108 cm³/mol. The fourth-order valence-electron chi connectivity index (χ4n) is 3.62. The summed E-state index contributed by atoms with van der Waals surface area (Å²) in [6, 6.07) is 0. The molecule has 0 bridgehead atoms. The zero-order chi connectivity index (χ0) is 21.3. The van der Waals surface area contributed by atoms with Gasteiger partial charge in [-0.15, -0.1) is 0 Å². The molecule has 0 spiro atoms. The Morgan fingerprint density at radius 1 is 1.07 bits per heavy atom. The van der Waals surface area contributed by atoms with Crippen LogP contribution in [0.4, 0.5) is 13.2 Å². The van der Waals surface area contributed by atoms with E-state index < -0.39 is 22.7 Å². The molecule has 0 aromatic carbocycles. The van der Waals surface area contributed by atoms with Crippen LogP contribution < -0.4 is 15.4 Å². The number of alkyl halides is 3. The van der Waals surface area contributed by atoms with Gasteiger partial charge in [0.2, 0.25) is 10.0 Å². The van der Waals surface area contributed by atoms with Crippen LogP contribution in [0.2, 0.25) is 0 Å². The van der Waals surface area contributed by atoms with Gasteiger partial charge in [-0.1, -0.05) is 6.42 Å². The Kier molecular flexibility index (Phi) is 9.48. The molecule has 1 heterocycles. The largest absolute Gasteiger partial charge is 0.401 e. The highest BCUT2D eigenvalue weighted by Crippen LogP contribution is 2.25. The highest BCUT2D eigenvalue weighted by molar-refractivity contribution is 7.89. The predicted octanol–water partition coefficient (Wildman–Crippen LogP) is 1.54. The minimum atomic E-state index is -4.13. The molecule has 1 aliphatic carbocycles. The number of sulfonamides is 1. The van der Waals surface area contributed by atoms with Crippen molar-refractivity contribution in [1.82, 2.24) is 20.3 Å². The number of piperidine rings is 1. The monoisotopic (exact) mass is 441 g/mol. The molecule has 2 aliphatic rings. The number of halogens is 3. The van der Waals surface area contributed by atoms with E-state index in [9.17, 15) is 21.6 Å². The SMILES string of the molecule is CN=C(NCCC1CCN(CC(F)(F)F)CC1)NCCS(=O)(=O)NCC1CCC1. The molecular weight excluding hydrogens is 407 g/mol. The van der Waals surface area contributed by atoms with Gasteiger partial charge < -0.3 is 10.6 Å². The van der Waals surface area contributed by atoms with Gasteiger partial charge in [-0.05, 0) is 57.0 Å². The van der Waals surface area contributed by atoms with Crippen LogP contribution in [0.15, 0.2) is 4.99 Å². The van der Waals surface area contributed by atoms with Crippen LogP contribution >= 0.6 is 0 Å². The second-order valence-corrected chi connectivity index (χ2v) is 9.94. The maximum atomic E-state index is 12.4. The smallest absolute Gasteiger partial charge is 0.356 e. The summed E-state index contributed by atoms with van der Waals surface area (Å²) in [5.41, 5.74) is 0. The van der Waals surface area contributed by atoms with Crippen molar-refractivity contribution in [2.75, 3.05) is 52.1 Å². The van der Waals surface area contributed by atoms with Gasteiger partial charge in [-0.25, -0.2) is 13.1 Å². The number of aliphatic imine (C=N–C) groups is 1. The van der Waals surface area contributed by atoms with E-state index in [-0.39, 0.29) is 12.3 Å².